The van der Waals surface area contributed by atoms with Gasteiger partial charge in [-0.15, -0.1) is 0 Å². The maximum atomic E-state index is 12.5. The zero-order chi connectivity index (χ0) is 22.7. The van der Waals surface area contributed by atoms with Gasteiger partial charge in [0.05, 0.1) is 52.9 Å². The molecule has 0 aromatic carbocycles. The number of nitrogens with zero attached hydrogens (tertiary/aromatic N) is 3. The van der Waals surface area contributed by atoms with Crippen LogP contribution in [-0.2, 0) is 28.8 Å². The van der Waals surface area contributed by atoms with Crippen LogP contribution in [0.4, 0.5) is 0 Å². The number of carbonyl (C=O) groups excluding carboxylic acids is 6. The van der Waals surface area contributed by atoms with E-state index in [4.69, 9.17) is 0 Å². The molecular formula is C15H21I3N6O6. The van der Waals surface area contributed by atoms with Gasteiger partial charge in [0.2, 0.25) is 35.4 Å². The molecule has 0 spiro atoms. The highest BCUT2D eigenvalue weighted by Gasteiger charge is 2.32. The summed E-state index contributed by atoms with van der Waals surface area (Å²) in [5, 5.41) is 7.36. The van der Waals surface area contributed by atoms with Gasteiger partial charge < -0.3 is 30.7 Å². The Morgan fingerprint density at radius 1 is 0.533 bits per heavy atom. The standard InChI is InChI=1S/C15H21I3N6O6/c16-1-10(25)19-4-13(28)22-7-23(14(29)5-20-11(26)2-17)9-24(8-22)15(30)6-21-12(27)3-18/h1-9H2,(H,19,25)(H,20,26)(H,21,27). The summed E-state index contributed by atoms with van der Waals surface area (Å²) in [5.41, 5.74) is 0. The summed E-state index contributed by atoms with van der Waals surface area (Å²) in [6.45, 7) is -1.11. The molecule has 1 aliphatic heterocycles. The van der Waals surface area contributed by atoms with Crippen molar-refractivity contribution in [1.82, 2.24) is 30.7 Å². The molecule has 1 fully saturated rings. The van der Waals surface area contributed by atoms with E-state index in [0.29, 0.717) is 0 Å². The molecule has 12 nitrogen and oxygen atoms in total. The van der Waals surface area contributed by atoms with Gasteiger partial charge in [-0.3, -0.25) is 28.8 Å². The fourth-order valence-corrected chi connectivity index (χ4v) is 3.03. The van der Waals surface area contributed by atoms with Crippen LogP contribution in [0.25, 0.3) is 0 Å². The second-order valence-corrected chi connectivity index (χ2v) is 8.24. The van der Waals surface area contributed by atoms with Crippen LogP contribution in [0.3, 0.4) is 0 Å². The van der Waals surface area contributed by atoms with Crippen molar-refractivity contribution >= 4 is 103 Å². The predicted octanol–water partition coefficient (Wildman–Crippen LogP) is -1.99. The van der Waals surface area contributed by atoms with Crippen molar-refractivity contribution in [3.8, 4) is 0 Å². The van der Waals surface area contributed by atoms with E-state index in [2.05, 4.69) is 16.0 Å². The Balaban J connectivity index is 2.84. The third kappa shape index (κ3) is 9.43. The maximum Gasteiger partial charge on any atom is 0.244 e. The number of halogens is 3. The average molecular weight is 762 g/mol. The van der Waals surface area contributed by atoms with Crippen LogP contribution in [0.5, 0.6) is 0 Å². The van der Waals surface area contributed by atoms with Gasteiger partial charge in [-0.05, 0) is 0 Å². The molecule has 1 rings (SSSR count). The second-order valence-electron chi connectivity index (χ2n) is 5.96. The van der Waals surface area contributed by atoms with Gasteiger partial charge in [0.1, 0.15) is 0 Å². The Morgan fingerprint density at radius 2 is 0.767 bits per heavy atom. The molecule has 30 heavy (non-hydrogen) atoms. The highest BCUT2D eigenvalue weighted by Crippen LogP contribution is 2.09. The zero-order valence-electron chi connectivity index (χ0n) is 15.8. The third-order valence-corrected chi connectivity index (χ3v) is 5.84. The Kier molecular flexibility index (Phi) is 12.8. The topological polar surface area (TPSA) is 148 Å². The summed E-state index contributed by atoms with van der Waals surface area (Å²) < 4.78 is 0.563. The highest BCUT2D eigenvalue weighted by molar-refractivity contribution is 14.1. The molecule has 0 saturated carbocycles. The number of amides is 6. The van der Waals surface area contributed by atoms with Crippen LogP contribution in [0.2, 0.25) is 0 Å². The Labute approximate surface area is 214 Å². The van der Waals surface area contributed by atoms with E-state index < -0.39 is 17.7 Å². The number of carbonyl (C=O) groups is 6. The van der Waals surface area contributed by atoms with E-state index in [1.807, 2.05) is 67.8 Å². The molecule has 1 saturated heterocycles. The van der Waals surface area contributed by atoms with E-state index in [-0.39, 0.29) is 70.6 Å². The minimum absolute atomic E-state index is 0.0955. The number of hydrogen-bond donors (Lipinski definition) is 3. The monoisotopic (exact) mass is 762 g/mol. The predicted molar refractivity (Wildman–Crippen MR) is 131 cm³/mol. The fraction of sp³-hybridized carbons (Fsp3) is 0.600. The Bertz CT molecular complexity index is 597. The maximum absolute atomic E-state index is 12.5. The first-order chi connectivity index (χ1) is 14.2. The first-order valence-corrected chi connectivity index (χ1v) is 13.1. The molecule has 0 aliphatic carbocycles. The zero-order valence-corrected chi connectivity index (χ0v) is 22.3. The van der Waals surface area contributed by atoms with Crippen molar-refractivity contribution in [2.24, 2.45) is 0 Å². The smallest absolute Gasteiger partial charge is 0.244 e. The fourth-order valence-electron chi connectivity index (χ4n) is 2.23. The third-order valence-electron chi connectivity index (χ3n) is 3.76. The average Bonchev–Trinajstić information content (AvgIpc) is 2.77. The molecule has 0 aromatic heterocycles. The normalized spacial score (nSPS) is 13.5. The van der Waals surface area contributed by atoms with Crippen molar-refractivity contribution in [2.75, 3.05) is 52.9 Å². The van der Waals surface area contributed by atoms with Crippen molar-refractivity contribution in [3.63, 3.8) is 0 Å². The minimum atomic E-state index is -0.476. The molecule has 1 heterocycles. The summed E-state index contributed by atoms with van der Waals surface area (Å²) in [6.07, 6.45) is 0. The first-order valence-electron chi connectivity index (χ1n) is 8.53. The van der Waals surface area contributed by atoms with Crippen LogP contribution in [0.15, 0.2) is 0 Å². The summed E-state index contributed by atoms with van der Waals surface area (Å²) in [4.78, 5) is 75.3. The lowest BCUT2D eigenvalue weighted by atomic mass is 10.3. The molecule has 6 amide bonds. The number of hydrogen-bond acceptors (Lipinski definition) is 6. The summed E-state index contributed by atoms with van der Waals surface area (Å²) >= 11 is 5.58. The number of rotatable bonds is 9. The van der Waals surface area contributed by atoms with E-state index in [0.717, 1.165) is 0 Å². The van der Waals surface area contributed by atoms with Gasteiger partial charge in [0, 0.05) is 0 Å². The number of alkyl halides is 3. The van der Waals surface area contributed by atoms with Gasteiger partial charge in [-0.2, -0.15) is 0 Å². The van der Waals surface area contributed by atoms with E-state index in [1.54, 1.807) is 0 Å². The van der Waals surface area contributed by atoms with Gasteiger partial charge >= 0.3 is 0 Å². The first kappa shape index (κ1) is 27.0. The molecule has 0 aromatic rings. The van der Waals surface area contributed by atoms with Crippen LogP contribution < -0.4 is 16.0 Å². The number of nitrogens with one attached hydrogen (secondary N) is 3. The molecule has 0 atom stereocenters. The van der Waals surface area contributed by atoms with Crippen LogP contribution in [0, 0.1) is 0 Å². The summed E-state index contributed by atoms with van der Waals surface area (Å²) in [7, 11) is 0. The van der Waals surface area contributed by atoms with Crippen molar-refractivity contribution in [3.05, 3.63) is 0 Å². The molecule has 1 aliphatic rings. The van der Waals surface area contributed by atoms with Crippen LogP contribution in [-0.4, -0.2) is 103 Å². The van der Waals surface area contributed by atoms with Crippen molar-refractivity contribution in [1.29, 1.82) is 0 Å². The molecule has 3 N–H and O–H groups in total. The second kappa shape index (κ2) is 14.1. The van der Waals surface area contributed by atoms with Gasteiger partial charge in [-0.25, -0.2) is 0 Å². The SMILES string of the molecule is O=C(CI)NCC(=O)N1CN(C(=O)CNC(=O)CI)CN(C(=O)CNC(=O)CI)C1. The largest absolute Gasteiger partial charge is 0.346 e. The molecular weight excluding hydrogens is 741 g/mol. The minimum Gasteiger partial charge on any atom is -0.346 e. The van der Waals surface area contributed by atoms with Gasteiger partial charge in [-0.1, -0.05) is 67.8 Å². The van der Waals surface area contributed by atoms with Crippen LogP contribution >= 0.6 is 67.8 Å². The summed E-state index contributed by atoms with van der Waals surface area (Å²) in [5.74, 6) is -2.37. The molecule has 168 valence electrons. The van der Waals surface area contributed by atoms with E-state index >= 15 is 0 Å². The summed E-state index contributed by atoms with van der Waals surface area (Å²) in [6, 6.07) is 0. The molecule has 15 heteroatoms. The lowest BCUT2D eigenvalue weighted by Gasteiger charge is -2.42. The Morgan fingerprint density at radius 3 is 0.967 bits per heavy atom. The van der Waals surface area contributed by atoms with E-state index in [1.165, 1.54) is 14.7 Å². The van der Waals surface area contributed by atoms with Gasteiger partial charge in [0.15, 0.2) is 0 Å². The quantitative estimate of drug-likeness (QED) is 0.183. The van der Waals surface area contributed by atoms with Crippen LogP contribution in [0.1, 0.15) is 0 Å². The molecule has 0 radical (unpaired) electrons. The lowest BCUT2D eigenvalue weighted by Crippen LogP contribution is -2.62. The Hall–Kier alpha value is -0.990. The van der Waals surface area contributed by atoms with E-state index in [9.17, 15) is 28.8 Å². The van der Waals surface area contributed by atoms with Crippen molar-refractivity contribution < 1.29 is 28.8 Å². The molecule has 0 unspecified atom stereocenters. The van der Waals surface area contributed by atoms with Crippen molar-refractivity contribution in [2.45, 2.75) is 0 Å². The van der Waals surface area contributed by atoms with Gasteiger partial charge in [0.25, 0.3) is 0 Å². The lowest BCUT2D eigenvalue weighted by molar-refractivity contribution is -0.158. The highest BCUT2D eigenvalue weighted by atomic mass is 127. The molecule has 0 bridgehead atoms.